The lowest BCUT2D eigenvalue weighted by Gasteiger charge is -2.12. The summed E-state index contributed by atoms with van der Waals surface area (Å²) in [5, 5.41) is 20.8. The average Bonchev–Trinajstić information content (AvgIpc) is 2.82. The Morgan fingerprint density at radius 3 is 1.97 bits per heavy atom. The SMILES string of the molecule is CCCCCCCC/C=C\CCCCCCCCOc1cc(C(=O)O)c(O)c2ccccc12. The van der Waals surface area contributed by atoms with Gasteiger partial charge in [0, 0.05) is 10.8 Å². The summed E-state index contributed by atoms with van der Waals surface area (Å²) in [6, 6.07) is 8.63. The normalized spacial score (nSPS) is 11.4. The molecule has 0 bridgehead atoms. The Hall–Kier alpha value is -2.49. The molecule has 0 aliphatic rings. The average molecular weight is 455 g/mol. The van der Waals surface area contributed by atoms with Crippen molar-refractivity contribution in [3.05, 3.63) is 48.0 Å². The molecule has 0 unspecified atom stereocenters. The molecule has 0 saturated carbocycles. The van der Waals surface area contributed by atoms with E-state index in [1.807, 2.05) is 12.1 Å². The van der Waals surface area contributed by atoms with Crippen LogP contribution in [0.2, 0.25) is 0 Å². The summed E-state index contributed by atoms with van der Waals surface area (Å²) in [6.07, 6.45) is 22.4. The molecule has 33 heavy (non-hydrogen) atoms. The lowest BCUT2D eigenvalue weighted by Crippen LogP contribution is -2.02. The number of carboxylic acid groups (broad SMARTS) is 1. The fourth-order valence-corrected chi connectivity index (χ4v) is 4.14. The molecule has 4 nitrogen and oxygen atoms in total. The lowest BCUT2D eigenvalue weighted by molar-refractivity contribution is 0.0693. The van der Waals surface area contributed by atoms with Gasteiger partial charge in [-0.1, -0.05) is 101 Å². The van der Waals surface area contributed by atoms with E-state index < -0.39 is 5.97 Å². The Balaban J connectivity index is 1.55. The van der Waals surface area contributed by atoms with Crippen LogP contribution in [-0.4, -0.2) is 22.8 Å². The molecule has 0 spiro atoms. The Kier molecular flexibility index (Phi) is 13.1. The van der Waals surface area contributed by atoms with Crippen LogP contribution in [0.5, 0.6) is 11.5 Å². The highest BCUT2D eigenvalue weighted by Gasteiger charge is 2.16. The van der Waals surface area contributed by atoms with Gasteiger partial charge in [0.2, 0.25) is 0 Å². The first kappa shape index (κ1) is 26.8. The van der Waals surface area contributed by atoms with Gasteiger partial charge >= 0.3 is 5.97 Å². The van der Waals surface area contributed by atoms with Gasteiger partial charge in [0.15, 0.2) is 0 Å². The number of rotatable bonds is 18. The molecule has 0 radical (unpaired) electrons. The molecule has 0 amide bonds. The molecule has 2 aromatic rings. The lowest BCUT2D eigenvalue weighted by atomic mass is 10.0. The number of hydrogen-bond donors (Lipinski definition) is 2. The number of aromatic hydroxyl groups is 1. The van der Waals surface area contributed by atoms with E-state index in [2.05, 4.69) is 19.1 Å². The molecule has 0 aromatic heterocycles. The van der Waals surface area contributed by atoms with E-state index in [9.17, 15) is 15.0 Å². The third kappa shape index (κ3) is 9.89. The number of hydrogen-bond acceptors (Lipinski definition) is 3. The van der Waals surface area contributed by atoms with Crippen molar-refractivity contribution in [2.75, 3.05) is 6.61 Å². The first-order valence-corrected chi connectivity index (χ1v) is 12.9. The van der Waals surface area contributed by atoms with Gasteiger partial charge in [0.05, 0.1) is 6.61 Å². The van der Waals surface area contributed by atoms with Crippen LogP contribution in [0.3, 0.4) is 0 Å². The van der Waals surface area contributed by atoms with E-state index in [4.69, 9.17) is 4.74 Å². The number of aromatic carboxylic acids is 1. The monoisotopic (exact) mass is 454 g/mol. The summed E-state index contributed by atoms with van der Waals surface area (Å²) < 4.78 is 5.90. The largest absolute Gasteiger partial charge is 0.506 e. The standard InChI is InChI=1S/C29H42O4/c1-2-3-4-5-6-7-8-9-10-11-12-13-14-15-16-19-22-33-27-23-26(29(31)32)28(30)25-21-18-17-20-24(25)27/h9-10,17-18,20-21,23,30H,2-8,11-16,19,22H2,1H3,(H,31,32)/b10-9-. The molecule has 0 aliphatic carbocycles. The van der Waals surface area contributed by atoms with E-state index in [0.717, 1.165) is 18.2 Å². The molecular weight excluding hydrogens is 412 g/mol. The topological polar surface area (TPSA) is 66.8 Å². The van der Waals surface area contributed by atoms with Crippen LogP contribution in [-0.2, 0) is 0 Å². The first-order chi connectivity index (χ1) is 16.1. The van der Waals surface area contributed by atoms with Crippen molar-refractivity contribution in [1.82, 2.24) is 0 Å². The molecule has 0 atom stereocenters. The van der Waals surface area contributed by atoms with Crippen molar-refractivity contribution in [2.45, 2.75) is 96.8 Å². The van der Waals surface area contributed by atoms with Gasteiger partial charge in [-0.15, -0.1) is 0 Å². The van der Waals surface area contributed by atoms with Gasteiger partial charge in [-0.05, 0) is 38.2 Å². The molecule has 0 aliphatic heterocycles. The van der Waals surface area contributed by atoms with Gasteiger partial charge in [0.25, 0.3) is 0 Å². The fourth-order valence-electron chi connectivity index (χ4n) is 4.14. The van der Waals surface area contributed by atoms with Gasteiger partial charge in [0.1, 0.15) is 17.1 Å². The van der Waals surface area contributed by atoms with E-state index in [1.165, 1.54) is 83.1 Å². The second-order valence-electron chi connectivity index (χ2n) is 8.91. The zero-order valence-corrected chi connectivity index (χ0v) is 20.4. The van der Waals surface area contributed by atoms with Gasteiger partial charge in [-0.2, -0.15) is 0 Å². The van der Waals surface area contributed by atoms with Crippen molar-refractivity contribution < 1.29 is 19.7 Å². The number of fused-ring (bicyclic) bond motifs is 1. The number of carboxylic acids is 1. The third-order valence-corrected chi connectivity index (χ3v) is 6.12. The summed E-state index contributed by atoms with van der Waals surface area (Å²) in [6.45, 7) is 2.81. The van der Waals surface area contributed by atoms with E-state index >= 15 is 0 Å². The highest BCUT2D eigenvalue weighted by Crippen LogP contribution is 2.36. The van der Waals surface area contributed by atoms with E-state index in [0.29, 0.717) is 17.7 Å². The molecule has 0 fully saturated rings. The highest BCUT2D eigenvalue weighted by atomic mass is 16.5. The third-order valence-electron chi connectivity index (χ3n) is 6.12. The Morgan fingerprint density at radius 1 is 0.818 bits per heavy atom. The summed E-state index contributed by atoms with van der Waals surface area (Å²) in [5.41, 5.74) is -0.121. The summed E-state index contributed by atoms with van der Waals surface area (Å²) in [5.74, 6) is -0.836. The molecule has 0 heterocycles. The second-order valence-corrected chi connectivity index (χ2v) is 8.91. The molecule has 4 heteroatoms. The van der Waals surface area contributed by atoms with Crippen molar-refractivity contribution in [3.63, 3.8) is 0 Å². The number of unbranched alkanes of at least 4 members (excludes halogenated alkanes) is 12. The number of benzene rings is 2. The van der Waals surface area contributed by atoms with Gasteiger partial charge < -0.3 is 14.9 Å². The maximum absolute atomic E-state index is 11.4. The maximum Gasteiger partial charge on any atom is 0.339 e. The Labute approximate surface area is 199 Å². The summed E-state index contributed by atoms with van der Waals surface area (Å²) in [7, 11) is 0. The van der Waals surface area contributed by atoms with Crippen LogP contribution >= 0.6 is 0 Å². The van der Waals surface area contributed by atoms with Crippen LogP contribution in [0.4, 0.5) is 0 Å². The van der Waals surface area contributed by atoms with Crippen molar-refractivity contribution >= 4 is 16.7 Å². The zero-order chi connectivity index (χ0) is 23.7. The molecule has 2 N–H and O–H groups in total. The predicted molar refractivity (Wildman–Crippen MR) is 138 cm³/mol. The Bertz CT molecular complexity index is 856. The highest BCUT2D eigenvalue weighted by molar-refractivity contribution is 6.03. The Morgan fingerprint density at radius 2 is 1.36 bits per heavy atom. The summed E-state index contributed by atoms with van der Waals surface area (Å²) in [4.78, 5) is 11.4. The molecular formula is C29H42O4. The van der Waals surface area contributed by atoms with Crippen molar-refractivity contribution in [1.29, 1.82) is 0 Å². The van der Waals surface area contributed by atoms with Crippen molar-refractivity contribution in [2.24, 2.45) is 0 Å². The molecule has 0 saturated heterocycles. The molecule has 182 valence electrons. The van der Waals surface area contributed by atoms with Crippen LogP contribution < -0.4 is 4.74 Å². The minimum atomic E-state index is -1.15. The minimum absolute atomic E-state index is 0.121. The zero-order valence-electron chi connectivity index (χ0n) is 20.4. The quantitative estimate of drug-likeness (QED) is 0.175. The number of ether oxygens (including phenoxy) is 1. The second kappa shape index (κ2) is 16.2. The molecule has 2 aromatic carbocycles. The van der Waals surface area contributed by atoms with Crippen LogP contribution in [0.25, 0.3) is 10.8 Å². The van der Waals surface area contributed by atoms with Gasteiger partial charge in [-0.25, -0.2) is 4.79 Å². The first-order valence-electron chi connectivity index (χ1n) is 12.9. The smallest absolute Gasteiger partial charge is 0.339 e. The van der Waals surface area contributed by atoms with Crippen LogP contribution in [0.1, 0.15) is 107 Å². The van der Waals surface area contributed by atoms with Gasteiger partial charge in [-0.3, -0.25) is 0 Å². The fraction of sp³-hybridized carbons (Fsp3) is 0.552. The van der Waals surface area contributed by atoms with E-state index in [1.54, 1.807) is 12.1 Å². The molecule has 2 rings (SSSR count). The number of phenols is 1. The van der Waals surface area contributed by atoms with Crippen molar-refractivity contribution in [3.8, 4) is 11.5 Å². The number of carbonyl (C=O) groups is 1. The summed E-state index contributed by atoms with van der Waals surface area (Å²) >= 11 is 0. The number of allylic oxidation sites excluding steroid dienone is 2. The van der Waals surface area contributed by atoms with E-state index in [-0.39, 0.29) is 11.3 Å². The maximum atomic E-state index is 11.4. The predicted octanol–water partition coefficient (Wildman–Crippen LogP) is 8.66. The van der Waals surface area contributed by atoms with Crippen LogP contribution in [0, 0.1) is 0 Å². The minimum Gasteiger partial charge on any atom is -0.506 e. The van der Waals surface area contributed by atoms with Crippen LogP contribution in [0.15, 0.2) is 42.5 Å².